The van der Waals surface area contributed by atoms with Gasteiger partial charge in [0, 0.05) is 6.07 Å². The first-order valence-electron chi connectivity index (χ1n) is 9.67. The van der Waals surface area contributed by atoms with Crippen molar-refractivity contribution in [2.75, 3.05) is 5.32 Å². The summed E-state index contributed by atoms with van der Waals surface area (Å²) in [4.78, 5) is 42.3. The molecule has 0 aliphatic rings. The third-order valence-electron chi connectivity index (χ3n) is 4.77. The van der Waals surface area contributed by atoms with Gasteiger partial charge in [-0.1, -0.05) is 0 Å². The molecule has 14 heteroatoms. The van der Waals surface area contributed by atoms with E-state index in [-0.39, 0.29) is 28.6 Å². The van der Waals surface area contributed by atoms with Gasteiger partial charge in [0.1, 0.15) is 21.9 Å². The summed E-state index contributed by atoms with van der Waals surface area (Å²) in [6.45, 7) is 1.66. The summed E-state index contributed by atoms with van der Waals surface area (Å²) in [7, 11) is 0. The molecule has 5 aromatic rings. The number of hydrogen-bond acceptors (Lipinski definition) is 8. The Morgan fingerprint density at radius 1 is 1.21 bits per heavy atom. The smallest absolute Gasteiger partial charge is 0.395 e. The number of hydrogen-bond donors (Lipinski definition) is 2. The number of aromatic nitrogens is 6. The lowest BCUT2D eigenvalue weighted by Gasteiger charge is -2.08. The van der Waals surface area contributed by atoms with Crippen molar-refractivity contribution in [3.63, 3.8) is 0 Å². The van der Waals surface area contributed by atoms with E-state index >= 15 is 0 Å². The van der Waals surface area contributed by atoms with Crippen molar-refractivity contribution in [2.45, 2.75) is 6.92 Å². The maximum absolute atomic E-state index is 13.3. The molecule has 170 valence electrons. The van der Waals surface area contributed by atoms with Crippen LogP contribution in [0, 0.1) is 22.9 Å². The standard InChI is InChI=1S/C20H13FN8O5/c1-10-8-15(23-19(31)14-6-7-16(34-14)29(32)33)28(26-10)20-24-17-13(18(30)25-20)9-22-27(17)12-4-2-11(21)3-5-12/h2-9H,1H3,(H,23,31)(H,24,25,30). The first-order chi connectivity index (χ1) is 16.3. The molecule has 2 N–H and O–H groups in total. The fraction of sp³-hybridized carbons (Fsp3) is 0.0500. The molecule has 0 aliphatic carbocycles. The molecule has 5 rings (SSSR count). The van der Waals surface area contributed by atoms with Crippen LogP contribution in [0.4, 0.5) is 16.1 Å². The zero-order valence-electron chi connectivity index (χ0n) is 17.2. The van der Waals surface area contributed by atoms with Gasteiger partial charge < -0.3 is 9.73 Å². The molecule has 0 saturated heterocycles. The van der Waals surface area contributed by atoms with E-state index in [1.165, 1.54) is 45.9 Å². The van der Waals surface area contributed by atoms with Gasteiger partial charge in [-0.15, -0.1) is 0 Å². The average molecular weight is 464 g/mol. The number of anilines is 1. The number of benzene rings is 1. The first-order valence-corrected chi connectivity index (χ1v) is 9.67. The van der Waals surface area contributed by atoms with Crippen LogP contribution in [0.5, 0.6) is 0 Å². The predicted molar refractivity (Wildman–Crippen MR) is 115 cm³/mol. The zero-order chi connectivity index (χ0) is 24.0. The van der Waals surface area contributed by atoms with E-state index < -0.39 is 28.1 Å². The SMILES string of the molecule is Cc1cc(NC(=O)c2ccc([N+](=O)[O-])o2)n(-c2nc3c(cnn3-c3ccc(F)cc3)c(=O)[nH]2)n1. The summed E-state index contributed by atoms with van der Waals surface area (Å²) in [6.07, 6.45) is 1.33. The van der Waals surface area contributed by atoms with Crippen molar-refractivity contribution in [1.29, 1.82) is 0 Å². The van der Waals surface area contributed by atoms with Crippen molar-refractivity contribution in [3.05, 3.63) is 86.4 Å². The maximum Gasteiger partial charge on any atom is 0.433 e. The highest BCUT2D eigenvalue weighted by Gasteiger charge is 2.21. The van der Waals surface area contributed by atoms with Crippen molar-refractivity contribution < 1.29 is 18.5 Å². The van der Waals surface area contributed by atoms with Gasteiger partial charge in [-0.05, 0) is 37.3 Å². The molecule has 1 aromatic carbocycles. The van der Waals surface area contributed by atoms with E-state index in [0.717, 1.165) is 12.1 Å². The average Bonchev–Trinajstić information content (AvgIpc) is 3.53. The van der Waals surface area contributed by atoms with Gasteiger partial charge in [0.2, 0.25) is 5.95 Å². The molecule has 4 heterocycles. The van der Waals surface area contributed by atoms with Gasteiger partial charge in [-0.25, -0.2) is 9.07 Å². The predicted octanol–water partition coefficient (Wildman–Crippen LogP) is 2.50. The Morgan fingerprint density at radius 2 is 1.97 bits per heavy atom. The quantitative estimate of drug-likeness (QED) is 0.295. The second-order valence-electron chi connectivity index (χ2n) is 7.09. The van der Waals surface area contributed by atoms with Gasteiger partial charge in [-0.3, -0.25) is 24.7 Å². The monoisotopic (exact) mass is 464 g/mol. The molecule has 0 saturated carbocycles. The van der Waals surface area contributed by atoms with Crippen LogP contribution in [-0.2, 0) is 0 Å². The van der Waals surface area contributed by atoms with Crippen LogP contribution in [0.15, 0.2) is 57.9 Å². The van der Waals surface area contributed by atoms with E-state index in [4.69, 9.17) is 4.42 Å². The molecular formula is C20H13FN8O5. The molecule has 1 amide bonds. The summed E-state index contributed by atoms with van der Waals surface area (Å²) >= 11 is 0. The van der Waals surface area contributed by atoms with E-state index in [1.54, 1.807) is 6.92 Å². The van der Waals surface area contributed by atoms with Gasteiger partial charge in [0.25, 0.3) is 11.5 Å². The number of fused-ring (bicyclic) bond motifs is 1. The minimum absolute atomic E-state index is 0.0322. The number of furan rings is 1. The summed E-state index contributed by atoms with van der Waals surface area (Å²) in [5.74, 6) is -1.98. The molecule has 0 radical (unpaired) electrons. The molecule has 13 nitrogen and oxygen atoms in total. The van der Waals surface area contributed by atoms with Crippen molar-refractivity contribution in [1.82, 2.24) is 29.5 Å². The normalized spacial score (nSPS) is 11.1. The minimum Gasteiger partial charge on any atom is -0.395 e. The molecule has 0 fully saturated rings. The van der Waals surface area contributed by atoms with Crippen LogP contribution in [0.2, 0.25) is 0 Å². The summed E-state index contributed by atoms with van der Waals surface area (Å²) in [5.41, 5.74) is 0.624. The van der Waals surface area contributed by atoms with Gasteiger partial charge in [-0.2, -0.15) is 19.9 Å². The Bertz CT molecular complexity index is 1630. The highest BCUT2D eigenvalue weighted by molar-refractivity contribution is 6.02. The number of rotatable bonds is 5. The van der Waals surface area contributed by atoms with E-state index in [0.29, 0.717) is 11.4 Å². The second-order valence-corrected chi connectivity index (χ2v) is 7.09. The summed E-state index contributed by atoms with van der Waals surface area (Å²) < 4.78 is 20.8. The second kappa shape index (κ2) is 7.77. The Balaban J connectivity index is 1.56. The molecule has 0 spiro atoms. The Hall–Kier alpha value is -5.14. The number of nitrogens with one attached hydrogen (secondary N) is 2. The number of carbonyl (C=O) groups is 1. The number of aryl methyl sites for hydroxylation is 1. The lowest BCUT2D eigenvalue weighted by molar-refractivity contribution is -0.402. The summed E-state index contributed by atoms with van der Waals surface area (Å²) in [5, 5.41) is 21.9. The number of halogens is 1. The van der Waals surface area contributed by atoms with Crippen LogP contribution in [0.1, 0.15) is 16.2 Å². The number of carbonyl (C=O) groups excluding carboxylic acids is 1. The minimum atomic E-state index is -0.769. The van der Waals surface area contributed by atoms with E-state index in [2.05, 4.69) is 25.5 Å². The fourth-order valence-electron chi connectivity index (χ4n) is 3.25. The first kappa shape index (κ1) is 20.7. The number of H-pyrrole nitrogens is 1. The molecular weight excluding hydrogens is 451 g/mol. The number of nitrogens with zero attached hydrogens (tertiary/aromatic N) is 6. The topological polar surface area (TPSA) is 167 Å². The van der Waals surface area contributed by atoms with Crippen LogP contribution in [0.3, 0.4) is 0 Å². The molecule has 0 bridgehead atoms. The molecule has 34 heavy (non-hydrogen) atoms. The maximum atomic E-state index is 13.3. The Morgan fingerprint density at radius 3 is 2.68 bits per heavy atom. The number of nitro groups is 1. The van der Waals surface area contributed by atoms with Crippen molar-refractivity contribution in [2.24, 2.45) is 0 Å². The third-order valence-corrected chi connectivity index (χ3v) is 4.77. The number of aromatic amines is 1. The van der Waals surface area contributed by atoms with Crippen LogP contribution in [-0.4, -0.2) is 40.4 Å². The van der Waals surface area contributed by atoms with Crippen LogP contribution in [0.25, 0.3) is 22.7 Å². The molecule has 0 aliphatic heterocycles. The molecule has 4 aromatic heterocycles. The number of amides is 1. The summed E-state index contributed by atoms with van der Waals surface area (Å²) in [6, 6.07) is 9.19. The fourth-order valence-corrected chi connectivity index (χ4v) is 3.25. The van der Waals surface area contributed by atoms with E-state index in [1.807, 2.05) is 0 Å². The van der Waals surface area contributed by atoms with Gasteiger partial charge >= 0.3 is 5.88 Å². The Labute approximate surface area is 187 Å². The van der Waals surface area contributed by atoms with Crippen molar-refractivity contribution >= 4 is 28.6 Å². The van der Waals surface area contributed by atoms with Crippen LogP contribution >= 0.6 is 0 Å². The largest absolute Gasteiger partial charge is 0.433 e. The highest BCUT2D eigenvalue weighted by atomic mass is 19.1. The zero-order valence-corrected chi connectivity index (χ0v) is 17.2. The van der Waals surface area contributed by atoms with Gasteiger partial charge in [0.05, 0.1) is 23.6 Å². The Kier molecular flexibility index (Phi) is 4.74. The van der Waals surface area contributed by atoms with E-state index in [9.17, 15) is 24.1 Å². The lowest BCUT2D eigenvalue weighted by atomic mass is 10.3. The molecule has 0 atom stereocenters. The van der Waals surface area contributed by atoms with Crippen molar-refractivity contribution in [3.8, 4) is 11.6 Å². The lowest BCUT2D eigenvalue weighted by Crippen LogP contribution is -2.19. The molecule has 0 unspecified atom stereocenters. The highest BCUT2D eigenvalue weighted by Crippen LogP contribution is 2.20. The third kappa shape index (κ3) is 3.58. The van der Waals surface area contributed by atoms with Gasteiger partial charge in [0.15, 0.2) is 11.4 Å². The van der Waals surface area contributed by atoms with Crippen LogP contribution < -0.4 is 10.9 Å².